The zero-order valence-corrected chi connectivity index (χ0v) is 15.8. The van der Waals surface area contributed by atoms with Crippen molar-refractivity contribution in [2.75, 3.05) is 6.54 Å². The molecule has 1 aromatic carbocycles. The first-order chi connectivity index (χ1) is 12.6. The Labute approximate surface area is 155 Å². The van der Waals surface area contributed by atoms with E-state index < -0.39 is 6.10 Å². The molecule has 0 spiro atoms. The van der Waals surface area contributed by atoms with Gasteiger partial charge in [-0.25, -0.2) is 0 Å². The van der Waals surface area contributed by atoms with Crippen molar-refractivity contribution < 1.29 is 9.90 Å². The number of rotatable bonds is 5. The third kappa shape index (κ3) is 3.45. The van der Waals surface area contributed by atoms with Gasteiger partial charge in [0.15, 0.2) is 5.78 Å². The second-order valence-corrected chi connectivity index (χ2v) is 8.13. The van der Waals surface area contributed by atoms with Crippen LogP contribution in [0.2, 0.25) is 0 Å². The van der Waals surface area contributed by atoms with Crippen LogP contribution in [-0.4, -0.2) is 34.1 Å². The van der Waals surface area contributed by atoms with E-state index in [1.54, 1.807) is 0 Å². The molecule has 2 aliphatic rings. The van der Waals surface area contributed by atoms with E-state index in [4.69, 9.17) is 0 Å². The molecule has 140 valence electrons. The highest BCUT2D eigenvalue weighted by atomic mass is 16.3. The zero-order chi connectivity index (χ0) is 18.1. The number of carbonyl (C=O) groups is 1. The number of carbonyl (C=O) groups excluding carboxylic acids is 1. The van der Waals surface area contributed by atoms with E-state index in [9.17, 15) is 9.90 Å². The number of hydrogen-bond donors (Lipinski definition) is 2. The molecule has 1 fully saturated rings. The molecule has 4 rings (SSSR count). The van der Waals surface area contributed by atoms with Gasteiger partial charge < -0.3 is 15.0 Å². The Morgan fingerprint density at radius 1 is 1.19 bits per heavy atom. The largest absolute Gasteiger partial charge is 0.390 e. The van der Waals surface area contributed by atoms with E-state index in [1.165, 1.54) is 48.6 Å². The smallest absolute Gasteiger partial charge is 0.179 e. The zero-order valence-electron chi connectivity index (χ0n) is 15.8. The van der Waals surface area contributed by atoms with Gasteiger partial charge in [0.05, 0.1) is 18.3 Å². The van der Waals surface area contributed by atoms with Crippen LogP contribution in [0.15, 0.2) is 18.2 Å². The number of ketones is 1. The van der Waals surface area contributed by atoms with Crippen LogP contribution in [0, 0.1) is 6.92 Å². The van der Waals surface area contributed by atoms with E-state index in [1.807, 2.05) is 0 Å². The number of nitrogens with one attached hydrogen (secondary N) is 1. The summed E-state index contributed by atoms with van der Waals surface area (Å²) in [5, 5.41) is 15.4. The molecule has 1 heterocycles. The van der Waals surface area contributed by atoms with Crippen LogP contribution in [0.25, 0.3) is 10.9 Å². The normalized spacial score (nSPS) is 19.7. The van der Waals surface area contributed by atoms with Crippen molar-refractivity contribution in [1.29, 1.82) is 0 Å². The van der Waals surface area contributed by atoms with Crippen molar-refractivity contribution in [3.05, 3.63) is 35.0 Å². The molecule has 26 heavy (non-hydrogen) atoms. The fourth-order valence-corrected chi connectivity index (χ4v) is 4.73. The highest BCUT2D eigenvalue weighted by molar-refractivity contribution is 6.04. The number of aryl methyl sites for hydroxylation is 2. The quantitative estimate of drug-likeness (QED) is 0.860. The topological polar surface area (TPSA) is 54.3 Å². The number of nitrogens with zero attached hydrogens (tertiary/aromatic N) is 1. The van der Waals surface area contributed by atoms with Crippen molar-refractivity contribution in [3.8, 4) is 0 Å². The number of Topliss-reactive ketones (excluding diaryl/α,β-unsaturated/α-hetero) is 1. The summed E-state index contributed by atoms with van der Waals surface area (Å²) in [5.41, 5.74) is 4.34. The summed E-state index contributed by atoms with van der Waals surface area (Å²) in [5.74, 6) is 0.229. The van der Waals surface area contributed by atoms with E-state index >= 15 is 0 Å². The minimum Gasteiger partial charge on any atom is -0.390 e. The van der Waals surface area contributed by atoms with Gasteiger partial charge in [-0.2, -0.15) is 0 Å². The molecule has 0 saturated heterocycles. The molecule has 1 aromatic heterocycles. The lowest BCUT2D eigenvalue weighted by Crippen LogP contribution is -2.38. The van der Waals surface area contributed by atoms with Gasteiger partial charge in [0.1, 0.15) is 0 Å². The molecular formula is C22H30N2O2. The summed E-state index contributed by atoms with van der Waals surface area (Å²) in [7, 11) is 0. The second-order valence-electron chi connectivity index (χ2n) is 8.13. The molecule has 2 aliphatic carbocycles. The Bertz CT molecular complexity index is 802. The van der Waals surface area contributed by atoms with Crippen LogP contribution in [0.5, 0.6) is 0 Å². The SMILES string of the molecule is Cc1ccc2c(c1)c1c(n2C[C@@H](O)CNC2CCCCC2)C(=O)CCC1. The van der Waals surface area contributed by atoms with Gasteiger partial charge in [0.2, 0.25) is 0 Å². The summed E-state index contributed by atoms with van der Waals surface area (Å²) < 4.78 is 2.08. The lowest BCUT2D eigenvalue weighted by molar-refractivity contribution is 0.0956. The maximum atomic E-state index is 12.6. The molecule has 2 N–H and O–H groups in total. The van der Waals surface area contributed by atoms with Crippen LogP contribution < -0.4 is 5.32 Å². The average molecular weight is 354 g/mol. The first-order valence-corrected chi connectivity index (χ1v) is 10.2. The van der Waals surface area contributed by atoms with Gasteiger partial charge in [-0.1, -0.05) is 30.9 Å². The van der Waals surface area contributed by atoms with Gasteiger partial charge >= 0.3 is 0 Å². The van der Waals surface area contributed by atoms with Crippen LogP contribution >= 0.6 is 0 Å². The number of benzene rings is 1. The van der Waals surface area contributed by atoms with Gasteiger partial charge in [-0.3, -0.25) is 4.79 Å². The first kappa shape index (κ1) is 17.7. The van der Waals surface area contributed by atoms with E-state index in [0.717, 1.165) is 24.1 Å². The van der Waals surface area contributed by atoms with Gasteiger partial charge in [0, 0.05) is 29.9 Å². The Balaban J connectivity index is 1.57. The standard InChI is InChI=1S/C22H30N2O2/c1-15-10-11-20-19(12-15)18-8-5-9-21(26)22(18)24(20)14-17(25)13-23-16-6-3-2-4-7-16/h10-12,16-17,23,25H,2-9,13-14H2,1H3/t17-/m0/s1. The highest BCUT2D eigenvalue weighted by Crippen LogP contribution is 2.33. The molecule has 0 unspecified atom stereocenters. The summed E-state index contributed by atoms with van der Waals surface area (Å²) >= 11 is 0. The molecule has 0 amide bonds. The van der Waals surface area contributed by atoms with Crippen LogP contribution in [0.4, 0.5) is 0 Å². The highest BCUT2D eigenvalue weighted by Gasteiger charge is 2.27. The molecule has 0 radical (unpaired) electrons. The van der Waals surface area contributed by atoms with Crippen LogP contribution in [0.1, 0.15) is 66.6 Å². The van der Waals surface area contributed by atoms with Crippen LogP contribution in [0.3, 0.4) is 0 Å². The van der Waals surface area contributed by atoms with Crippen molar-refractivity contribution in [2.45, 2.75) is 77.0 Å². The number of aliphatic hydroxyl groups is 1. The second kappa shape index (κ2) is 7.53. The molecule has 2 aromatic rings. The Hall–Kier alpha value is -1.65. The Kier molecular flexibility index (Phi) is 5.14. The van der Waals surface area contributed by atoms with E-state index in [0.29, 0.717) is 25.6 Å². The molecular weight excluding hydrogens is 324 g/mol. The van der Waals surface area contributed by atoms with E-state index in [2.05, 4.69) is 35.0 Å². The summed E-state index contributed by atoms with van der Waals surface area (Å²) in [6.07, 6.45) is 8.39. The lowest BCUT2D eigenvalue weighted by atomic mass is 9.94. The minimum absolute atomic E-state index is 0.229. The lowest BCUT2D eigenvalue weighted by Gasteiger charge is -2.25. The van der Waals surface area contributed by atoms with Gasteiger partial charge in [-0.05, 0) is 50.3 Å². The first-order valence-electron chi connectivity index (χ1n) is 10.2. The van der Waals surface area contributed by atoms with Crippen molar-refractivity contribution in [3.63, 3.8) is 0 Å². The molecule has 4 nitrogen and oxygen atoms in total. The van der Waals surface area contributed by atoms with Crippen molar-refractivity contribution in [2.24, 2.45) is 0 Å². The maximum absolute atomic E-state index is 12.6. The Morgan fingerprint density at radius 3 is 2.81 bits per heavy atom. The maximum Gasteiger partial charge on any atom is 0.179 e. The fraction of sp³-hybridized carbons (Fsp3) is 0.591. The van der Waals surface area contributed by atoms with Crippen LogP contribution in [-0.2, 0) is 13.0 Å². The number of aromatic nitrogens is 1. The monoisotopic (exact) mass is 354 g/mol. The average Bonchev–Trinajstić information content (AvgIpc) is 2.95. The molecule has 1 saturated carbocycles. The third-order valence-electron chi connectivity index (χ3n) is 6.06. The predicted octanol–water partition coefficient (Wildman–Crippen LogP) is 3.75. The Morgan fingerprint density at radius 2 is 2.00 bits per heavy atom. The number of fused-ring (bicyclic) bond motifs is 3. The minimum atomic E-state index is -0.479. The summed E-state index contributed by atoms with van der Waals surface area (Å²) in [4.78, 5) is 12.6. The number of hydrogen-bond acceptors (Lipinski definition) is 3. The van der Waals surface area contributed by atoms with Gasteiger partial charge in [-0.15, -0.1) is 0 Å². The number of aliphatic hydroxyl groups excluding tert-OH is 1. The fourth-order valence-electron chi connectivity index (χ4n) is 4.73. The van der Waals surface area contributed by atoms with Crippen molar-refractivity contribution >= 4 is 16.7 Å². The summed E-state index contributed by atoms with van der Waals surface area (Å²) in [6.45, 7) is 3.18. The predicted molar refractivity (Wildman–Crippen MR) is 105 cm³/mol. The molecule has 0 bridgehead atoms. The molecule has 1 atom stereocenters. The van der Waals surface area contributed by atoms with Gasteiger partial charge in [0.25, 0.3) is 0 Å². The van der Waals surface area contributed by atoms with E-state index in [-0.39, 0.29) is 5.78 Å². The summed E-state index contributed by atoms with van der Waals surface area (Å²) in [6, 6.07) is 6.94. The molecule has 4 heteroatoms. The third-order valence-corrected chi connectivity index (χ3v) is 6.06. The molecule has 0 aliphatic heterocycles. The van der Waals surface area contributed by atoms with Crippen molar-refractivity contribution in [1.82, 2.24) is 9.88 Å².